The largest absolute Gasteiger partial charge is 0.493 e. The average molecular weight is 360 g/mol. The van der Waals surface area contributed by atoms with Gasteiger partial charge in [0.25, 0.3) is 0 Å². The predicted molar refractivity (Wildman–Crippen MR) is 94.8 cm³/mol. The number of hydrogen-bond donors (Lipinski definition) is 0. The summed E-state index contributed by atoms with van der Waals surface area (Å²) in [7, 11) is 0. The fraction of sp³-hybridized carbons (Fsp3) is 0.250. The second-order valence-corrected chi connectivity index (χ2v) is 14.2. The van der Waals surface area contributed by atoms with E-state index in [2.05, 4.69) is 18.2 Å². The van der Waals surface area contributed by atoms with Gasteiger partial charge in [-0.25, -0.2) is 0 Å². The Morgan fingerprint density at radius 3 is 2.33 bits per heavy atom. The van der Waals surface area contributed by atoms with Gasteiger partial charge in [0, 0.05) is 5.56 Å². The summed E-state index contributed by atoms with van der Waals surface area (Å²) in [5.41, 5.74) is 3.36. The fourth-order valence-corrected chi connectivity index (χ4v) is 3.88. The molecule has 0 spiro atoms. The Morgan fingerprint density at radius 2 is 1.67 bits per heavy atom. The second kappa shape index (κ2) is 7.55. The smallest absolute Gasteiger partial charge is 0.341 e. The van der Waals surface area contributed by atoms with Crippen LogP contribution in [-0.2, 0) is 0 Å². The Hall–Kier alpha value is -0.673. The van der Waals surface area contributed by atoms with E-state index >= 15 is 0 Å². The van der Waals surface area contributed by atoms with Crippen LogP contribution < -0.4 is 4.74 Å². The van der Waals surface area contributed by atoms with Crippen molar-refractivity contribution < 1.29 is 4.74 Å². The molecule has 5 heteroatoms. The second-order valence-electron chi connectivity index (χ2n) is 4.88. The van der Waals surface area contributed by atoms with Crippen molar-refractivity contribution in [2.45, 2.75) is 19.4 Å². The molecule has 0 saturated carbocycles. The molecule has 0 atom stereocenters. The van der Waals surface area contributed by atoms with E-state index in [9.17, 15) is 0 Å². The fourth-order valence-electron chi connectivity index (χ4n) is 2.14. The van der Waals surface area contributed by atoms with Crippen LogP contribution in [0.2, 0.25) is 6.04 Å². The summed E-state index contributed by atoms with van der Waals surface area (Å²) in [6, 6.07) is 14.4. The zero-order chi connectivity index (χ0) is 15.3. The highest BCUT2D eigenvalue weighted by molar-refractivity contribution is 7.64. The number of hydrogen-bond acceptors (Lipinski definition) is 1. The van der Waals surface area contributed by atoms with Crippen LogP contribution in [0.4, 0.5) is 0 Å². The van der Waals surface area contributed by atoms with Crippen LogP contribution in [-0.4, -0.2) is 12.6 Å². The molecule has 2 rings (SSSR count). The molecule has 0 aliphatic carbocycles. The Kier molecular flexibility index (Phi) is 6.00. The van der Waals surface area contributed by atoms with Crippen molar-refractivity contribution in [2.75, 3.05) is 6.61 Å². The first-order valence-electron chi connectivity index (χ1n) is 6.82. The minimum absolute atomic E-state index is 0.561. The number of halogens is 3. The third kappa shape index (κ3) is 5.22. The van der Waals surface area contributed by atoms with Crippen LogP contribution in [0.25, 0.3) is 11.1 Å². The highest BCUT2D eigenvalue weighted by Crippen LogP contribution is 2.33. The van der Waals surface area contributed by atoms with Gasteiger partial charge in [-0.15, -0.1) is 33.2 Å². The van der Waals surface area contributed by atoms with E-state index in [0.29, 0.717) is 12.7 Å². The van der Waals surface area contributed by atoms with Crippen LogP contribution in [0.15, 0.2) is 48.5 Å². The minimum atomic E-state index is -2.55. The SMILES string of the molecule is Cc1cccc(-c2ccccc2)c1OCCC[Si](Cl)(Cl)Cl. The molecule has 0 fully saturated rings. The molecular weight excluding hydrogens is 343 g/mol. The van der Waals surface area contributed by atoms with E-state index in [0.717, 1.165) is 28.9 Å². The summed E-state index contributed by atoms with van der Waals surface area (Å²) >= 11 is 17.7. The Morgan fingerprint density at radius 1 is 0.952 bits per heavy atom. The van der Waals surface area contributed by atoms with Gasteiger partial charge in [-0.3, -0.25) is 0 Å². The lowest BCUT2D eigenvalue weighted by molar-refractivity contribution is 0.316. The Labute approximate surface area is 140 Å². The first-order chi connectivity index (χ1) is 9.97. The van der Waals surface area contributed by atoms with Gasteiger partial charge in [0.05, 0.1) is 6.61 Å². The normalized spacial score (nSPS) is 11.4. The molecule has 2 aromatic carbocycles. The molecule has 0 amide bonds. The summed E-state index contributed by atoms with van der Waals surface area (Å²) in [4.78, 5) is 0. The number of rotatable bonds is 6. The van der Waals surface area contributed by atoms with Gasteiger partial charge in [-0.2, -0.15) is 0 Å². The molecule has 0 N–H and O–H groups in total. The van der Waals surface area contributed by atoms with E-state index in [1.165, 1.54) is 0 Å². The summed E-state index contributed by atoms with van der Waals surface area (Å²) in [5.74, 6) is 0.912. The third-order valence-corrected chi connectivity index (χ3v) is 5.77. The topological polar surface area (TPSA) is 9.23 Å². The molecule has 0 aromatic heterocycles. The Balaban J connectivity index is 2.12. The van der Waals surface area contributed by atoms with Crippen LogP contribution in [0.1, 0.15) is 12.0 Å². The monoisotopic (exact) mass is 358 g/mol. The molecule has 0 heterocycles. The summed E-state index contributed by atoms with van der Waals surface area (Å²) in [6.07, 6.45) is 0.755. The van der Waals surface area contributed by atoms with Gasteiger partial charge < -0.3 is 4.74 Å². The van der Waals surface area contributed by atoms with Gasteiger partial charge in [-0.05, 0) is 30.5 Å². The molecular formula is C16H17Cl3OSi. The lowest BCUT2D eigenvalue weighted by Gasteiger charge is -2.15. The van der Waals surface area contributed by atoms with Crippen LogP contribution in [0, 0.1) is 6.92 Å². The van der Waals surface area contributed by atoms with Crippen molar-refractivity contribution in [2.24, 2.45) is 0 Å². The summed E-state index contributed by atoms with van der Waals surface area (Å²) < 4.78 is 5.96. The minimum Gasteiger partial charge on any atom is -0.493 e. The van der Waals surface area contributed by atoms with E-state index in [1.54, 1.807) is 0 Å². The summed E-state index contributed by atoms with van der Waals surface area (Å²) in [5, 5.41) is 0. The lowest BCUT2D eigenvalue weighted by Crippen LogP contribution is -2.11. The molecule has 0 aliphatic heterocycles. The van der Waals surface area contributed by atoms with Gasteiger partial charge >= 0.3 is 6.00 Å². The third-order valence-electron chi connectivity index (χ3n) is 3.15. The van der Waals surface area contributed by atoms with Gasteiger partial charge in [0.1, 0.15) is 5.75 Å². The maximum atomic E-state index is 5.96. The maximum Gasteiger partial charge on any atom is 0.341 e. The predicted octanol–water partition coefficient (Wildman–Crippen LogP) is 6.09. The first-order valence-corrected chi connectivity index (χ1v) is 12.1. The maximum absolute atomic E-state index is 5.96. The van der Waals surface area contributed by atoms with E-state index in [1.807, 2.05) is 37.3 Å². The van der Waals surface area contributed by atoms with E-state index in [4.69, 9.17) is 38.0 Å². The molecule has 2 aromatic rings. The highest BCUT2D eigenvalue weighted by atomic mass is 35.8. The molecule has 112 valence electrons. The van der Waals surface area contributed by atoms with Crippen molar-refractivity contribution in [3.8, 4) is 16.9 Å². The zero-order valence-corrected chi connectivity index (χ0v) is 15.1. The average Bonchev–Trinajstić information content (AvgIpc) is 2.44. The number of benzene rings is 2. The van der Waals surface area contributed by atoms with Crippen molar-refractivity contribution in [1.82, 2.24) is 0 Å². The lowest BCUT2D eigenvalue weighted by atomic mass is 10.0. The van der Waals surface area contributed by atoms with Crippen molar-refractivity contribution in [3.63, 3.8) is 0 Å². The Bertz CT molecular complexity index is 582. The van der Waals surface area contributed by atoms with Crippen molar-refractivity contribution in [3.05, 3.63) is 54.1 Å². The molecule has 0 unspecified atom stereocenters. The van der Waals surface area contributed by atoms with Crippen molar-refractivity contribution >= 4 is 39.2 Å². The number of para-hydroxylation sites is 1. The van der Waals surface area contributed by atoms with E-state index < -0.39 is 6.00 Å². The van der Waals surface area contributed by atoms with Gasteiger partial charge in [0.15, 0.2) is 0 Å². The van der Waals surface area contributed by atoms with Crippen LogP contribution in [0.5, 0.6) is 5.75 Å². The quantitative estimate of drug-likeness (QED) is 0.344. The molecule has 0 bridgehead atoms. The van der Waals surface area contributed by atoms with Gasteiger partial charge in [-0.1, -0.05) is 48.5 Å². The summed E-state index contributed by atoms with van der Waals surface area (Å²) in [6.45, 7) is 2.61. The molecule has 1 nitrogen and oxygen atoms in total. The van der Waals surface area contributed by atoms with E-state index in [-0.39, 0.29) is 0 Å². The van der Waals surface area contributed by atoms with Crippen LogP contribution >= 0.6 is 33.2 Å². The highest BCUT2D eigenvalue weighted by Gasteiger charge is 2.24. The number of ether oxygens (including phenoxy) is 1. The molecule has 0 aliphatic rings. The van der Waals surface area contributed by atoms with Crippen molar-refractivity contribution in [1.29, 1.82) is 0 Å². The molecule has 21 heavy (non-hydrogen) atoms. The van der Waals surface area contributed by atoms with Crippen LogP contribution in [0.3, 0.4) is 0 Å². The zero-order valence-electron chi connectivity index (χ0n) is 11.8. The number of aryl methyl sites for hydroxylation is 1. The van der Waals surface area contributed by atoms with Gasteiger partial charge in [0.2, 0.25) is 0 Å². The standard InChI is InChI=1S/C16H17Cl3OSi/c1-13-7-5-10-15(14-8-3-2-4-9-14)16(13)20-11-6-12-21(17,18)19/h2-5,7-10H,6,11-12H2,1H3. The molecule has 0 saturated heterocycles. The first kappa shape index (κ1) is 16.7. The molecule has 0 radical (unpaired) electrons.